The van der Waals surface area contributed by atoms with Crippen LogP contribution >= 0.6 is 0 Å². The van der Waals surface area contributed by atoms with E-state index in [0.29, 0.717) is 24.6 Å². The molecule has 0 aliphatic rings. The van der Waals surface area contributed by atoms with E-state index in [-0.39, 0.29) is 11.9 Å². The van der Waals surface area contributed by atoms with Crippen LogP contribution in [0.1, 0.15) is 25.5 Å². The fraction of sp³-hybridized carbons (Fsp3) is 0.278. The standard InChI is InChI=1S/C18H22N2O2/c1-3-19-17(14-10-6-5-7-11-14)18(21)20-15-12-8-9-13-16(15)22-4-2/h5-13,17,19H,3-4H2,1-2H3,(H,20,21)/t17-/m1/s1. The molecule has 2 N–H and O–H groups in total. The van der Waals surface area contributed by atoms with Gasteiger partial charge in [0.05, 0.1) is 12.3 Å². The molecular weight excluding hydrogens is 276 g/mol. The van der Waals surface area contributed by atoms with Crippen molar-refractivity contribution in [2.75, 3.05) is 18.5 Å². The largest absolute Gasteiger partial charge is 0.492 e. The lowest BCUT2D eigenvalue weighted by atomic mass is 10.1. The number of likely N-dealkylation sites (N-methyl/N-ethyl adjacent to an activating group) is 1. The molecule has 0 spiro atoms. The Morgan fingerprint density at radius 2 is 1.73 bits per heavy atom. The van der Waals surface area contributed by atoms with Gasteiger partial charge in [0.15, 0.2) is 0 Å². The van der Waals surface area contributed by atoms with Crippen LogP contribution in [0.5, 0.6) is 5.75 Å². The summed E-state index contributed by atoms with van der Waals surface area (Å²) >= 11 is 0. The van der Waals surface area contributed by atoms with E-state index in [1.807, 2.05) is 68.4 Å². The quantitative estimate of drug-likeness (QED) is 0.824. The van der Waals surface area contributed by atoms with Gasteiger partial charge in [-0.25, -0.2) is 0 Å². The molecule has 1 atom stereocenters. The van der Waals surface area contributed by atoms with E-state index in [2.05, 4.69) is 10.6 Å². The highest BCUT2D eigenvalue weighted by molar-refractivity contribution is 5.96. The van der Waals surface area contributed by atoms with Crippen LogP contribution in [0.25, 0.3) is 0 Å². The predicted octanol–water partition coefficient (Wildman–Crippen LogP) is 3.37. The number of carbonyl (C=O) groups is 1. The van der Waals surface area contributed by atoms with E-state index in [0.717, 1.165) is 5.56 Å². The summed E-state index contributed by atoms with van der Waals surface area (Å²) in [6, 6.07) is 16.8. The number of para-hydroxylation sites is 2. The molecule has 2 aromatic carbocycles. The SMILES string of the molecule is CCN[C@@H](C(=O)Nc1ccccc1OCC)c1ccccc1. The van der Waals surface area contributed by atoms with Gasteiger partial charge in [-0.1, -0.05) is 49.4 Å². The molecule has 22 heavy (non-hydrogen) atoms. The van der Waals surface area contributed by atoms with Gasteiger partial charge in [-0.15, -0.1) is 0 Å². The average Bonchev–Trinajstić information content (AvgIpc) is 2.55. The van der Waals surface area contributed by atoms with Crippen molar-refractivity contribution < 1.29 is 9.53 Å². The second-order valence-electron chi connectivity index (χ2n) is 4.82. The number of amides is 1. The van der Waals surface area contributed by atoms with Crippen molar-refractivity contribution in [3.05, 3.63) is 60.2 Å². The summed E-state index contributed by atoms with van der Waals surface area (Å²) in [7, 11) is 0. The highest BCUT2D eigenvalue weighted by Crippen LogP contribution is 2.25. The maximum absolute atomic E-state index is 12.6. The highest BCUT2D eigenvalue weighted by Gasteiger charge is 2.20. The lowest BCUT2D eigenvalue weighted by Gasteiger charge is -2.19. The van der Waals surface area contributed by atoms with Crippen molar-refractivity contribution in [1.82, 2.24) is 5.32 Å². The number of anilines is 1. The van der Waals surface area contributed by atoms with Crippen LogP contribution in [-0.4, -0.2) is 19.1 Å². The van der Waals surface area contributed by atoms with Gasteiger partial charge < -0.3 is 15.4 Å². The Morgan fingerprint density at radius 3 is 2.41 bits per heavy atom. The zero-order chi connectivity index (χ0) is 15.8. The number of benzene rings is 2. The summed E-state index contributed by atoms with van der Waals surface area (Å²) in [5.41, 5.74) is 1.63. The Balaban J connectivity index is 2.18. The van der Waals surface area contributed by atoms with Gasteiger partial charge in [0, 0.05) is 0 Å². The fourth-order valence-corrected chi connectivity index (χ4v) is 2.27. The second-order valence-corrected chi connectivity index (χ2v) is 4.82. The van der Waals surface area contributed by atoms with Gasteiger partial charge in [-0.3, -0.25) is 4.79 Å². The van der Waals surface area contributed by atoms with E-state index in [1.54, 1.807) is 0 Å². The maximum atomic E-state index is 12.6. The molecule has 116 valence electrons. The molecule has 0 saturated carbocycles. The first kappa shape index (κ1) is 16.0. The number of nitrogens with one attached hydrogen (secondary N) is 2. The smallest absolute Gasteiger partial charge is 0.246 e. The van der Waals surface area contributed by atoms with Crippen molar-refractivity contribution in [2.45, 2.75) is 19.9 Å². The average molecular weight is 298 g/mol. The summed E-state index contributed by atoms with van der Waals surface area (Å²) < 4.78 is 5.55. The van der Waals surface area contributed by atoms with Gasteiger partial charge in [0.25, 0.3) is 0 Å². The molecule has 0 aromatic heterocycles. The zero-order valence-electron chi connectivity index (χ0n) is 13.0. The minimum absolute atomic E-state index is 0.0970. The summed E-state index contributed by atoms with van der Waals surface area (Å²) in [5.74, 6) is 0.585. The molecule has 0 fully saturated rings. The van der Waals surface area contributed by atoms with Gasteiger partial charge >= 0.3 is 0 Å². The van der Waals surface area contributed by atoms with Crippen molar-refractivity contribution in [2.24, 2.45) is 0 Å². The molecule has 0 aliphatic heterocycles. The Morgan fingerprint density at radius 1 is 1.05 bits per heavy atom. The molecule has 2 aromatic rings. The first-order valence-corrected chi connectivity index (χ1v) is 7.57. The lowest BCUT2D eigenvalue weighted by Crippen LogP contribution is -2.33. The zero-order valence-corrected chi connectivity index (χ0v) is 13.0. The minimum Gasteiger partial charge on any atom is -0.492 e. The number of carbonyl (C=O) groups excluding carboxylic acids is 1. The number of hydrogen-bond donors (Lipinski definition) is 2. The van der Waals surface area contributed by atoms with Crippen LogP contribution in [-0.2, 0) is 4.79 Å². The highest BCUT2D eigenvalue weighted by atomic mass is 16.5. The van der Waals surface area contributed by atoms with Crippen molar-refractivity contribution >= 4 is 11.6 Å². The maximum Gasteiger partial charge on any atom is 0.246 e. The van der Waals surface area contributed by atoms with E-state index < -0.39 is 0 Å². The molecule has 4 heteroatoms. The molecule has 1 amide bonds. The van der Waals surface area contributed by atoms with Gasteiger partial charge in [0.1, 0.15) is 11.8 Å². The summed E-state index contributed by atoms with van der Waals surface area (Å²) in [6.07, 6.45) is 0. The lowest BCUT2D eigenvalue weighted by molar-refractivity contribution is -0.118. The van der Waals surface area contributed by atoms with Crippen LogP contribution in [0, 0.1) is 0 Å². The van der Waals surface area contributed by atoms with E-state index in [9.17, 15) is 4.79 Å². The van der Waals surface area contributed by atoms with Crippen molar-refractivity contribution in [3.63, 3.8) is 0 Å². The normalized spacial score (nSPS) is 11.7. The first-order valence-electron chi connectivity index (χ1n) is 7.57. The molecule has 0 aliphatic carbocycles. The van der Waals surface area contributed by atoms with Crippen molar-refractivity contribution in [1.29, 1.82) is 0 Å². The molecule has 2 rings (SSSR count). The molecule has 4 nitrogen and oxygen atoms in total. The molecular formula is C18H22N2O2. The second kappa shape index (κ2) is 8.20. The number of rotatable bonds is 7. The van der Waals surface area contributed by atoms with Crippen LogP contribution < -0.4 is 15.4 Å². The first-order chi connectivity index (χ1) is 10.8. The van der Waals surface area contributed by atoms with Crippen LogP contribution in [0.3, 0.4) is 0 Å². The van der Waals surface area contributed by atoms with E-state index >= 15 is 0 Å². The Bertz CT molecular complexity index is 599. The van der Waals surface area contributed by atoms with Crippen LogP contribution in [0.15, 0.2) is 54.6 Å². The third kappa shape index (κ3) is 4.09. The minimum atomic E-state index is -0.388. The summed E-state index contributed by atoms with van der Waals surface area (Å²) in [5, 5.41) is 6.17. The molecule has 0 saturated heterocycles. The monoisotopic (exact) mass is 298 g/mol. The molecule has 0 radical (unpaired) electrons. The predicted molar refractivity (Wildman–Crippen MR) is 89.1 cm³/mol. The van der Waals surface area contributed by atoms with Crippen LogP contribution in [0.2, 0.25) is 0 Å². The molecule has 0 bridgehead atoms. The van der Waals surface area contributed by atoms with E-state index in [4.69, 9.17) is 4.74 Å². The third-order valence-corrected chi connectivity index (χ3v) is 3.25. The van der Waals surface area contributed by atoms with E-state index in [1.165, 1.54) is 0 Å². The fourth-order valence-electron chi connectivity index (χ4n) is 2.27. The molecule has 0 heterocycles. The van der Waals surface area contributed by atoms with Gasteiger partial charge in [-0.2, -0.15) is 0 Å². The van der Waals surface area contributed by atoms with Gasteiger partial charge in [-0.05, 0) is 31.2 Å². The summed E-state index contributed by atoms with van der Waals surface area (Å²) in [6.45, 7) is 5.17. The Labute approximate surface area is 131 Å². The third-order valence-electron chi connectivity index (χ3n) is 3.25. The number of ether oxygens (including phenoxy) is 1. The Hall–Kier alpha value is -2.33. The topological polar surface area (TPSA) is 50.4 Å². The Kier molecular flexibility index (Phi) is 5.98. The van der Waals surface area contributed by atoms with Crippen molar-refractivity contribution in [3.8, 4) is 5.75 Å². The summed E-state index contributed by atoms with van der Waals surface area (Å²) in [4.78, 5) is 12.6. The van der Waals surface area contributed by atoms with Crippen LogP contribution in [0.4, 0.5) is 5.69 Å². The van der Waals surface area contributed by atoms with Gasteiger partial charge in [0.2, 0.25) is 5.91 Å². The number of hydrogen-bond acceptors (Lipinski definition) is 3. The molecule has 0 unspecified atom stereocenters.